The van der Waals surface area contributed by atoms with E-state index in [1.54, 1.807) is 7.11 Å². The number of amides is 1. The van der Waals surface area contributed by atoms with Crippen LogP contribution in [0, 0.1) is 11.8 Å². The number of morpholine rings is 1. The molecular weight excluding hydrogens is 357 g/mol. The Morgan fingerprint density at radius 1 is 1.31 bits per heavy atom. The summed E-state index contributed by atoms with van der Waals surface area (Å²) < 4.78 is 42.8. The molecule has 7 nitrogen and oxygen atoms in total. The van der Waals surface area contributed by atoms with Crippen molar-refractivity contribution < 1.29 is 37.3 Å². The van der Waals surface area contributed by atoms with E-state index in [1.165, 1.54) is 12.8 Å². The van der Waals surface area contributed by atoms with E-state index >= 15 is 0 Å². The Labute approximate surface area is 149 Å². The number of fused-ring (bicyclic) bond motifs is 2. The molecule has 2 bridgehead atoms. The van der Waals surface area contributed by atoms with Crippen LogP contribution in [0.1, 0.15) is 19.3 Å². The minimum absolute atomic E-state index is 0.0521. The van der Waals surface area contributed by atoms with Crippen LogP contribution in [-0.2, 0) is 19.1 Å². The number of alkyl halides is 3. The van der Waals surface area contributed by atoms with Gasteiger partial charge in [0, 0.05) is 33.3 Å². The van der Waals surface area contributed by atoms with Gasteiger partial charge in [-0.3, -0.25) is 9.69 Å². The third-order valence-electron chi connectivity index (χ3n) is 4.69. The molecule has 3 unspecified atom stereocenters. The molecule has 1 aliphatic carbocycles. The van der Waals surface area contributed by atoms with E-state index in [0.717, 1.165) is 45.1 Å². The van der Waals surface area contributed by atoms with E-state index in [4.69, 9.17) is 19.4 Å². The van der Waals surface area contributed by atoms with Gasteiger partial charge in [-0.05, 0) is 25.2 Å². The van der Waals surface area contributed by atoms with E-state index < -0.39 is 12.1 Å². The molecule has 3 atom stereocenters. The second-order valence-electron chi connectivity index (χ2n) is 6.88. The molecule has 26 heavy (non-hydrogen) atoms. The van der Waals surface area contributed by atoms with Gasteiger partial charge in [-0.15, -0.1) is 0 Å². The van der Waals surface area contributed by atoms with Crippen molar-refractivity contribution in [3.63, 3.8) is 0 Å². The molecule has 3 rings (SSSR count). The number of aliphatic carboxylic acids is 1. The maximum Gasteiger partial charge on any atom is 0.490 e. The standard InChI is InChI=1S/C14H24N2O3.C2HF3O2/c1-18-5-4-16-8-11-6-12(13(9-16)19-11)14(17)15-7-10-2-3-10;3-2(4,5)1(6)7/h10-13H,2-9H2,1H3,(H,15,17);(H,6,7). The number of likely N-dealkylation sites (tertiary alicyclic amines) is 1. The van der Waals surface area contributed by atoms with Gasteiger partial charge in [0.1, 0.15) is 0 Å². The Hall–Kier alpha value is -1.39. The van der Waals surface area contributed by atoms with Gasteiger partial charge in [0.2, 0.25) is 5.91 Å². The summed E-state index contributed by atoms with van der Waals surface area (Å²) in [5.74, 6) is -1.76. The lowest BCUT2D eigenvalue weighted by molar-refractivity contribution is -0.192. The van der Waals surface area contributed by atoms with Crippen LogP contribution in [0.2, 0.25) is 0 Å². The summed E-state index contributed by atoms with van der Waals surface area (Å²) in [6.07, 6.45) is -1.34. The molecule has 0 aromatic rings. The van der Waals surface area contributed by atoms with Crippen LogP contribution < -0.4 is 5.32 Å². The Morgan fingerprint density at radius 2 is 1.96 bits per heavy atom. The maximum atomic E-state index is 12.2. The normalized spacial score (nSPS) is 28.2. The number of carbonyl (C=O) groups is 2. The molecule has 150 valence electrons. The molecule has 0 aromatic heterocycles. The molecule has 2 N–H and O–H groups in total. The van der Waals surface area contributed by atoms with Crippen LogP contribution in [-0.4, -0.2) is 80.2 Å². The Bertz CT molecular complexity index is 499. The first-order chi connectivity index (χ1) is 12.2. The lowest BCUT2D eigenvalue weighted by Crippen LogP contribution is -2.46. The minimum Gasteiger partial charge on any atom is -0.475 e. The average Bonchev–Trinajstić information content (AvgIpc) is 3.34. The van der Waals surface area contributed by atoms with Crippen LogP contribution in [0.5, 0.6) is 0 Å². The van der Waals surface area contributed by atoms with Gasteiger partial charge < -0.3 is 19.9 Å². The number of methoxy groups -OCH3 is 1. The number of carboxylic acids is 1. The zero-order valence-corrected chi connectivity index (χ0v) is 14.6. The number of hydrogen-bond acceptors (Lipinski definition) is 5. The van der Waals surface area contributed by atoms with Crippen molar-refractivity contribution in [1.29, 1.82) is 0 Å². The van der Waals surface area contributed by atoms with Crippen molar-refractivity contribution in [2.75, 3.05) is 39.9 Å². The van der Waals surface area contributed by atoms with Crippen LogP contribution in [0.3, 0.4) is 0 Å². The van der Waals surface area contributed by atoms with Crippen LogP contribution >= 0.6 is 0 Å². The predicted molar refractivity (Wildman–Crippen MR) is 84.5 cm³/mol. The summed E-state index contributed by atoms with van der Waals surface area (Å²) in [6.45, 7) is 4.34. The van der Waals surface area contributed by atoms with E-state index in [2.05, 4.69) is 10.2 Å². The van der Waals surface area contributed by atoms with Gasteiger partial charge in [-0.25, -0.2) is 4.79 Å². The van der Waals surface area contributed by atoms with Crippen molar-refractivity contribution in [3.8, 4) is 0 Å². The molecule has 2 aliphatic heterocycles. The fourth-order valence-electron chi connectivity index (χ4n) is 3.11. The van der Waals surface area contributed by atoms with E-state index in [1.807, 2.05) is 0 Å². The quantitative estimate of drug-likeness (QED) is 0.709. The van der Waals surface area contributed by atoms with Gasteiger partial charge in [0.25, 0.3) is 0 Å². The second-order valence-corrected chi connectivity index (χ2v) is 6.88. The van der Waals surface area contributed by atoms with Gasteiger partial charge in [0.05, 0.1) is 24.7 Å². The molecular formula is C16H25F3N2O5. The molecule has 2 saturated heterocycles. The van der Waals surface area contributed by atoms with E-state index in [9.17, 15) is 18.0 Å². The zero-order chi connectivity index (χ0) is 19.3. The van der Waals surface area contributed by atoms with Crippen LogP contribution in [0.25, 0.3) is 0 Å². The van der Waals surface area contributed by atoms with Gasteiger partial charge in [-0.2, -0.15) is 13.2 Å². The van der Waals surface area contributed by atoms with Crippen LogP contribution in [0.4, 0.5) is 13.2 Å². The lowest BCUT2D eigenvalue weighted by Gasteiger charge is -2.32. The van der Waals surface area contributed by atoms with Gasteiger partial charge in [-0.1, -0.05) is 0 Å². The molecule has 0 aromatic carbocycles. The Kier molecular flexibility index (Phi) is 7.24. The highest BCUT2D eigenvalue weighted by Crippen LogP contribution is 2.32. The highest BCUT2D eigenvalue weighted by molar-refractivity contribution is 5.79. The van der Waals surface area contributed by atoms with Crippen molar-refractivity contribution in [2.45, 2.75) is 37.6 Å². The first-order valence-corrected chi connectivity index (χ1v) is 8.65. The van der Waals surface area contributed by atoms with E-state index in [-0.39, 0.29) is 24.0 Å². The smallest absolute Gasteiger partial charge is 0.475 e. The van der Waals surface area contributed by atoms with Gasteiger partial charge >= 0.3 is 12.1 Å². The number of carbonyl (C=O) groups excluding carboxylic acids is 1. The summed E-state index contributed by atoms with van der Waals surface area (Å²) in [6, 6.07) is 0. The molecule has 0 spiro atoms. The van der Waals surface area contributed by atoms with E-state index in [0.29, 0.717) is 0 Å². The number of nitrogens with zero attached hydrogens (tertiary/aromatic N) is 1. The van der Waals surface area contributed by atoms with Crippen molar-refractivity contribution in [3.05, 3.63) is 0 Å². The summed E-state index contributed by atoms with van der Waals surface area (Å²) >= 11 is 0. The fourth-order valence-corrected chi connectivity index (χ4v) is 3.11. The molecule has 1 saturated carbocycles. The van der Waals surface area contributed by atoms with Crippen LogP contribution in [0.15, 0.2) is 0 Å². The molecule has 1 amide bonds. The third-order valence-corrected chi connectivity index (χ3v) is 4.69. The fraction of sp³-hybridized carbons (Fsp3) is 0.875. The first kappa shape index (κ1) is 20.9. The first-order valence-electron chi connectivity index (χ1n) is 8.65. The third kappa shape index (κ3) is 6.40. The van der Waals surface area contributed by atoms with Crippen molar-refractivity contribution >= 4 is 11.9 Å². The highest BCUT2D eigenvalue weighted by atomic mass is 19.4. The lowest BCUT2D eigenvalue weighted by atomic mass is 9.99. The predicted octanol–water partition coefficient (Wildman–Crippen LogP) is 0.882. The van der Waals surface area contributed by atoms with Crippen molar-refractivity contribution in [2.24, 2.45) is 11.8 Å². The SMILES string of the molecule is COCCN1CC2CC(C(=O)NCC3CC3)C(C1)O2.O=C(O)C(F)(F)F. The summed E-state index contributed by atoms with van der Waals surface area (Å²) in [4.78, 5) is 23.5. The summed E-state index contributed by atoms with van der Waals surface area (Å²) in [7, 11) is 1.73. The zero-order valence-electron chi connectivity index (χ0n) is 14.6. The number of nitrogens with one attached hydrogen (secondary N) is 1. The molecule has 2 heterocycles. The topological polar surface area (TPSA) is 88.1 Å². The summed E-state index contributed by atoms with van der Waals surface area (Å²) in [5, 5.41) is 10.2. The molecule has 10 heteroatoms. The number of carboxylic acid groups (broad SMARTS) is 1. The highest BCUT2D eigenvalue weighted by Gasteiger charge is 2.44. The molecule has 0 radical (unpaired) electrons. The number of halogens is 3. The largest absolute Gasteiger partial charge is 0.490 e. The van der Waals surface area contributed by atoms with Crippen molar-refractivity contribution in [1.82, 2.24) is 10.2 Å². The summed E-state index contributed by atoms with van der Waals surface area (Å²) in [5.41, 5.74) is 0. The Balaban J connectivity index is 0.000000298. The minimum atomic E-state index is -5.08. The Morgan fingerprint density at radius 3 is 2.50 bits per heavy atom. The molecule has 3 aliphatic rings. The number of ether oxygens (including phenoxy) is 2. The number of hydrogen-bond donors (Lipinski definition) is 2. The average molecular weight is 382 g/mol. The maximum absolute atomic E-state index is 12.2. The second kappa shape index (κ2) is 9.01. The van der Waals surface area contributed by atoms with Gasteiger partial charge in [0.15, 0.2) is 0 Å². The number of rotatable bonds is 6. The molecule has 3 fully saturated rings. The monoisotopic (exact) mass is 382 g/mol.